The Balaban J connectivity index is 1.22. The van der Waals surface area contributed by atoms with Crippen LogP contribution in [0.5, 0.6) is 0 Å². The number of fused-ring (bicyclic) bond motifs is 1. The van der Waals surface area contributed by atoms with Gasteiger partial charge in [0.25, 0.3) is 10.0 Å². The number of hydrogen-bond acceptors (Lipinski definition) is 7. The highest BCUT2D eigenvalue weighted by Crippen LogP contribution is 2.27. The normalized spacial score (nSPS) is 12.7. The third-order valence-electron chi connectivity index (χ3n) is 6.40. The Bertz CT molecular complexity index is 1720. The maximum Gasteiger partial charge on any atom is 0.471 e. The predicted octanol–water partition coefficient (Wildman–Crippen LogP) is 4.82. The minimum Gasteiger partial charge on any atom is -0.395 e. The Hall–Kier alpha value is -4.20. The van der Waals surface area contributed by atoms with Crippen LogP contribution in [0.25, 0.3) is 23.1 Å². The van der Waals surface area contributed by atoms with Gasteiger partial charge in [-0.05, 0) is 59.0 Å². The van der Waals surface area contributed by atoms with Crippen LogP contribution in [0.1, 0.15) is 28.5 Å². The lowest BCUT2D eigenvalue weighted by atomic mass is 10.2. The SMILES string of the molecule is O=S(=O)(c1ccc(CN(CCO)CCc2cc3ccccc3[nH]2)cc1)n1ccc(/C=C/c2noc(C(F)(F)F)n2)c1. The van der Waals surface area contributed by atoms with Crippen molar-refractivity contribution in [3.8, 4) is 0 Å². The summed E-state index contributed by atoms with van der Waals surface area (Å²) in [4.78, 5) is 8.82. The number of hydrogen-bond donors (Lipinski definition) is 2. The Kier molecular flexibility index (Phi) is 8.10. The number of nitrogens with one attached hydrogen (secondary N) is 1. The van der Waals surface area contributed by atoms with Crippen LogP contribution in [0.15, 0.2) is 82.5 Å². The van der Waals surface area contributed by atoms with E-state index >= 15 is 0 Å². The highest BCUT2D eigenvalue weighted by molar-refractivity contribution is 7.90. The van der Waals surface area contributed by atoms with E-state index in [1.54, 1.807) is 12.1 Å². The van der Waals surface area contributed by atoms with Gasteiger partial charge in [-0.2, -0.15) is 18.2 Å². The summed E-state index contributed by atoms with van der Waals surface area (Å²) < 4.78 is 69.3. The molecule has 3 aromatic heterocycles. The number of aliphatic hydroxyl groups is 1. The zero-order valence-electron chi connectivity index (χ0n) is 21.6. The molecule has 0 aliphatic rings. The number of aromatic nitrogens is 4. The Morgan fingerprint density at radius 1 is 1.05 bits per heavy atom. The minimum absolute atomic E-state index is 0.000212. The van der Waals surface area contributed by atoms with Crippen molar-refractivity contribution in [2.75, 3.05) is 19.7 Å². The quantitative estimate of drug-likeness (QED) is 0.228. The van der Waals surface area contributed by atoms with Gasteiger partial charge in [0, 0.05) is 49.7 Å². The van der Waals surface area contributed by atoms with Gasteiger partial charge in [-0.25, -0.2) is 12.4 Å². The molecule has 0 saturated heterocycles. The van der Waals surface area contributed by atoms with Gasteiger partial charge in [0.2, 0.25) is 0 Å². The summed E-state index contributed by atoms with van der Waals surface area (Å²) >= 11 is 0. The Morgan fingerprint density at radius 2 is 1.83 bits per heavy atom. The van der Waals surface area contributed by atoms with Gasteiger partial charge in [-0.3, -0.25) is 4.90 Å². The smallest absolute Gasteiger partial charge is 0.395 e. The second-order valence-corrected chi connectivity index (χ2v) is 11.2. The van der Waals surface area contributed by atoms with E-state index in [1.165, 1.54) is 42.7 Å². The highest BCUT2D eigenvalue weighted by atomic mass is 32.2. The maximum absolute atomic E-state index is 13.1. The lowest BCUT2D eigenvalue weighted by Gasteiger charge is -2.21. The van der Waals surface area contributed by atoms with E-state index < -0.39 is 22.1 Å². The Morgan fingerprint density at radius 3 is 2.54 bits per heavy atom. The standard InChI is InChI=1S/C28H26F3N5O4S/c29-28(30,31)27-33-26(34-40-27)10-7-21-11-14-36(19-21)41(38,39)24-8-5-20(6-9-24)18-35(15-16-37)13-12-23-17-22-3-1-2-4-25(22)32-23/h1-11,14,17,19,32,37H,12-13,15-16,18H2/b10-7+. The van der Waals surface area contributed by atoms with E-state index in [4.69, 9.17) is 0 Å². The van der Waals surface area contributed by atoms with Crippen LogP contribution in [0.3, 0.4) is 0 Å². The summed E-state index contributed by atoms with van der Waals surface area (Å²) in [7, 11) is -3.90. The molecule has 0 atom stereocenters. The summed E-state index contributed by atoms with van der Waals surface area (Å²) in [6.07, 6.45) is 1.26. The molecule has 0 unspecified atom stereocenters. The summed E-state index contributed by atoms with van der Waals surface area (Å²) in [5.41, 5.74) is 3.48. The van der Waals surface area contributed by atoms with Crippen molar-refractivity contribution >= 4 is 33.1 Å². The molecule has 2 aromatic carbocycles. The fourth-order valence-electron chi connectivity index (χ4n) is 4.33. The first-order valence-electron chi connectivity index (χ1n) is 12.6. The maximum atomic E-state index is 13.1. The van der Waals surface area contributed by atoms with Crippen molar-refractivity contribution in [2.24, 2.45) is 0 Å². The van der Waals surface area contributed by atoms with Gasteiger partial charge in [-0.15, -0.1) is 0 Å². The van der Waals surface area contributed by atoms with Gasteiger partial charge in [-0.1, -0.05) is 35.5 Å². The van der Waals surface area contributed by atoms with Crippen LogP contribution in [0.2, 0.25) is 0 Å². The molecule has 0 spiro atoms. The van der Waals surface area contributed by atoms with E-state index in [0.717, 1.165) is 32.6 Å². The molecular formula is C28H26F3N5O4S. The molecule has 5 aromatic rings. The summed E-state index contributed by atoms with van der Waals surface area (Å²) in [5.74, 6) is -1.76. The highest BCUT2D eigenvalue weighted by Gasteiger charge is 2.38. The number of para-hydroxylation sites is 1. The molecule has 0 amide bonds. The lowest BCUT2D eigenvalue weighted by Crippen LogP contribution is -2.28. The van der Waals surface area contributed by atoms with E-state index in [-0.39, 0.29) is 17.3 Å². The number of rotatable bonds is 11. The Labute approximate surface area is 233 Å². The zero-order chi connectivity index (χ0) is 29.0. The number of halogens is 3. The number of benzene rings is 2. The molecule has 0 radical (unpaired) electrons. The van der Waals surface area contributed by atoms with Crippen molar-refractivity contribution in [3.63, 3.8) is 0 Å². The number of nitrogens with zero attached hydrogens (tertiary/aromatic N) is 4. The van der Waals surface area contributed by atoms with Crippen LogP contribution in [-0.2, 0) is 29.2 Å². The molecule has 0 bridgehead atoms. The van der Waals surface area contributed by atoms with E-state index in [1.807, 2.05) is 24.3 Å². The van der Waals surface area contributed by atoms with Crippen LogP contribution < -0.4 is 0 Å². The molecule has 0 aliphatic carbocycles. The summed E-state index contributed by atoms with van der Waals surface area (Å²) in [6, 6.07) is 18.2. The number of aromatic amines is 1. The fourth-order valence-corrected chi connectivity index (χ4v) is 5.54. The third kappa shape index (κ3) is 6.76. The molecule has 214 valence electrons. The van der Waals surface area contributed by atoms with Crippen LogP contribution in [0, 0.1) is 0 Å². The minimum atomic E-state index is -4.75. The fraction of sp³-hybridized carbons (Fsp3) is 0.214. The van der Waals surface area contributed by atoms with Crippen LogP contribution >= 0.6 is 0 Å². The monoisotopic (exact) mass is 585 g/mol. The van der Waals surface area contributed by atoms with Gasteiger partial charge in [0.15, 0.2) is 5.82 Å². The number of aliphatic hydroxyl groups excluding tert-OH is 1. The largest absolute Gasteiger partial charge is 0.471 e. The first kappa shape index (κ1) is 28.3. The predicted molar refractivity (Wildman–Crippen MR) is 146 cm³/mol. The van der Waals surface area contributed by atoms with Crippen LogP contribution in [0.4, 0.5) is 13.2 Å². The van der Waals surface area contributed by atoms with Gasteiger partial charge < -0.3 is 14.6 Å². The van der Waals surface area contributed by atoms with Crippen molar-refractivity contribution in [2.45, 2.75) is 24.0 Å². The topological polar surface area (TPSA) is 117 Å². The molecular weight excluding hydrogens is 559 g/mol. The molecule has 0 fully saturated rings. The van der Waals surface area contributed by atoms with Crippen molar-refractivity contribution < 1.29 is 31.2 Å². The molecule has 2 N–H and O–H groups in total. The van der Waals surface area contributed by atoms with Crippen molar-refractivity contribution in [1.29, 1.82) is 0 Å². The van der Waals surface area contributed by atoms with Crippen LogP contribution in [-0.4, -0.2) is 57.2 Å². The van der Waals surface area contributed by atoms with E-state index in [0.29, 0.717) is 25.2 Å². The molecule has 13 heteroatoms. The van der Waals surface area contributed by atoms with E-state index in [9.17, 15) is 26.7 Å². The summed E-state index contributed by atoms with van der Waals surface area (Å²) in [5, 5.41) is 13.9. The molecule has 0 aliphatic heterocycles. The third-order valence-corrected chi connectivity index (χ3v) is 8.05. The molecule has 41 heavy (non-hydrogen) atoms. The number of alkyl halides is 3. The van der Waals surface area contributed by atoms with Gasteiger partial charge >= 0.3 is 12.1 Å². The van der Waals surface area contributed by atoms with E-state index in [2.05, 4.69) is 30.6 Å². The average Bonchev–Trinajstić information content (AvgIpc) is 3.70. The molecule has 3 heterocycles. The van der Waals surface area contributed by atoms with Crippen molar-refractivity contribution in [3.05, 3.63) is 102 Å². The molecule has 0 saturated carbocycles. The molecule has 5 rings (SSSR count). The zero-order valence-corrected chi connectivity index (χ0v) is 22.4. The lowest BCUT2D eigenvalue weighted by molar-refractivity contribution is -0.159. The van der Waals surface area contributed by atoms with Gasteiger partial charge in [0.1, 0.15) is 0 Å². The second kappa shape index (κ2) is 11.7. The first-order valence-corrected chi connectivity index (χ1v) is 14.1. The number of H-pyrrole nitrogens is 1. The van der Waals surface area contributed by atoms with Gasteiger partial charge in [0.05, 0.1) is 11.5 Å². The van der Waals surface area contributed by atoms with Crippen molar-refractivity contribution in [1.82, 2.24) is 24.0 Å². The second-order valence-electron chi connectivity index (χ2n) is 9.34. The summed E-state index contributed by atoms with van der Waals surface area (Å²) in [6.45, 7) is 1.71. The average molecular weight is 586 g/mol. The molecule has 9 nitrogen and oxygen atoms in total. The first-order chi connectivity index (χ1) is 19.6.